The monoisotopic (exact) mass is 252 g/mol. The summed E-state index contributed by atoms with van der Waals surface area (Å²) >= 11 is 0. The van der Waals surface area contributed by atoms with Crippen LogP contribution in [0.15, 0.2) is 24.3 Å². The average molecular weight is 252 g/mol. The summed E-state index contributed by atoms with van der Waals surface area (Å²) in [5, 5.41) is 13.9. The number of carboxylic acids is 1. The molecule has 1 saturated carbocycles. The molecule has 0 unspecified atom stereocenters. The van der Waals surface area contributed by atoms with Gasteiger partial charge in [0.15, 0.2) is 0 Å². The normalized spacial score (nSPS) is 15.8. The molecule has 1 aromatic carbocycles. The van der Waals surface area contributed by atoms with Crippen LogP contribution in [0.1, 0.15) is 12.8 Å². The largest absolute Gasteiger partial charge is 0.481 e. The fraction of sp³-hybridized carbons (Fsp3) is 0.333. The van der Waals surface area contributed by atoms with Crippen LogP contribution < -0.4 is 10.6 Å². The molecule has 0 bridgehead atoms. The first-order valence-corrected chi connectivity index (χ1v) is 5.56. The van der Waals surface area contributed by atoms with Gasteiger partial charge < -0.3 is 15.7 Å². The Hall–Kier alpha value is -2.11. The van der Waals surface area contributed by atoms with Crippen LogP contribution in [0.2, 0.25) is 0 Å². The lowest BCUT2D eigenvalue weighted by Crippen LogP contribution is -2.36. The molecule has 18 heavy (non-hydrogen) atoms. The molecule has 2 amide bonds. The maximum Gasteiger partial charge on any atom is 0.319 e. The van der Waals surface area contributed by atoms with Crippen LogP contribution in [-0.2, 0) is 4.79 Å². The van der Waals surface area contributed by atoms with Crippen molar-refractivity contribution in [3.05, 3.63) is 30.1 Å². The third-order valence-electron chi connectivity index (χ3n) is 3.00. The van der Waals surface area contributed by atoms with Gasteiger partial charge in [-0.05, 0) is 37.1 Å². The molecule has 2 rings (SSSR count). The molecule has 0 atom stereocenters. The van der Waals surface area contributed by atoms with E-state index in [-0.39, 0.29) is 12.4 Å². The maximum atomic E-state index is 12.6. The van der Waals surface area contributed by atoms with E-state index in [1.165, 1.54) is 24.3 Å². The number of carboxylic acid groups (broad SMARTS) is 1. The number of urea groups is 1. The lowest BCUT2D eigenvalue weighted by molar-refractivity contribution is -0.143. The van der Waals surface area contributed by atoms with Crippen LogP contribution in [-0.4, -0.2) is 23.7 Å². The van der Waals surface area contributed by atoms with Gasteiger partial charge in [0.05, 0.1) is 5.41 Å². The Morgan fingerprint density at radius 3 is 2.39 bits per heavy atom. The fourth-order valence-electron chi connectivity index (χ4n) is 1.58. The molecule has 6 heteroatoms. The second kappa shape index (κ2) is 4.64. The number of rotatable bonds is 4. The molecule has 1 aliphatic rings. The molecular formula is C12H13FN2O3. The minimum Gasteiger partial charge on any atom is -0.481 e. The number of anilines is 1. The van der Waals surface area contributed by atoms with E-state index in [1.54, 1.807) is 0 Å². The smallest absolute Gasteiger partial charge is 0.319 e. The summed E-state index contributed by atoms with van der Waals surface area (Å²) in [6.07, 6.45) is 1.17. The standard InChI is InChI=1S/C12H13FN2O3/c13-8-1-3-9(4-2-8)15-11(18)14-7-12(5-6-12)10(16)17/h1-4H,5-7H2,(H,16,17)(H2,14,15,18). The van der Waals surface area contributed by atoms with Gasteiger partial charge in [-0.3, -0.25) is 4.79 Å². The zero-order valence-electron chi connectivity index (χ0n) is 9.57. The number of halogens is 1. The van der Waals surface area contributed by atoms with Gasteiger partial charge in [0.2, 0.25) is 0 Å². The van der Waals surface area contributed by atoms with E-state index in [1.807, 2.05) is 0 Å². The summed E-state index contributed by atoms with van der Waals surface area (Å²) in [5.41, 5.74) is -0.339. The zero-order chi connectivity index (χ0) is 13.2. The van der Waals surface area contributed by atoms with Crippen molar-refractivity contribution in [1.82, 2.24) is 5.32 Å². The van der Waals surface area contributed by atoms with Gasteiger partial charge in [-0.25, -0.2) is 9.18 Å². The highest BCUT2D eigenvalue weighted by Crippen LogP contribution is 2.45. The average Bonchev–Trinajstić information content (AvgIpc) is 3.11. The molecule has 1 aromatic rings. The molecule has 96 valence electrons. The number of nitrogens with one attached hydrogen (secondary N) is 2. The van der Waals surface area contributed by atoms with E-state index in [0.29, 0.717) is 18.5 Å². The second-order valence-electron chi connectivity index (χ2n) is 4.40. The van der Waals surface area contributed by atoms with Gasteiger partial charge >= 0.3 is 12.0 Å². The molecule has 0 aromatic heterocycles. The van der Waals surface area contributed by atoms with E-state index < -0.39 is 17.4 Å². The summed E-state index contributed by atoms with van der Waals surface area (Å²) in [6, 6.07) is 4.83. The first kappa shape index (κ1) is 12.3. The van der Waals surface area contributed by atoms with Gasteiger partial charge in [0.25, 0.3) is 0 Å². The SMILES string of the molecule is O=C(NCC1(C(=O)O)CC1)Nc1ccc(F)cc1. The Morgan fingerprint density at radius 2 is 1.89 bits per heavy atom. The Balaban J connectivity index is 1.82. The third-order valence-corrected chi connectivity index (χ3v) is 3.00. The first-order chi connectivity index (χ1) is 8.52. The molecule has 0 radical (unpaired) electrons. The van der Waals surface area contributed by atoms with Crippen molar-refractivity contribution < 1.29 is 19.1 Å². The second-order valence-corrected chi connectivity index (χ2v) is 4.40. The van der Waals surface area contributed by atoms with Gasteiger partial charge in [-0.15, -0.1) is 0 Å². The van der Waals surface area contributed by atoms with E-state index >= 15 is 0 Å². The molecular weight excluding hydrogens is 239 g/mol. The summed E-state index contributed by atoms with van der Waals surface area (Å²) in [7, 11) is 0. The number of hydrogen-bond acceptors (Lipinski definition) is 2. The van der Waals surface area contributed by atoms with E-state index in [2.05, 4.69) is 10.6 Å². The van der Waals surface area contributed by atoms with E-state index in [0.717, 1.165) is 0 Å². The molecule has 1 fully saturated rings. The van der Waals surface area contributed by atoms with Crippen molar-refractivity contribution in [3.63, 3.8) is 0 Å². The quantitative estimate of drug-likeness (QED) is 0.764. The molecule has 0 heterocycles. The minimum atomic E-state index is -0.885. The Labute approximate surface area is 103 Å². The van der Waals surface area contributed by atoms with Crippen LogP contribution in [0.25, 0.3) is 0 Å². The maximum absolute atomic E-state index is 12.6. The van der Waals surface area contributed by atoms with Crippen molar-refractivity contribution in [2.24, 2.45) is 5.41 Å². The highest BCUT2D eigenvalue weighted by molar-refractivity contribution is 5.89. The number of hydrogen-bond donors (Lipinski definition) is 3. The topological polar surface area (TPSA) is 78.4 Å². The number of aliphatic carboxylic acids is 1. The highest BCUT2D eigenvalue weighted by atomic mass is 19.1. The number of carbonyl (C=O) groups excluding carboxylic acids is 1. The van der Waals surface area contributed by atoms with E-state index in [4.69, 9.17) is 5.11 Å². The zero-order valence-corrected chi connectivity index (χ0v) is 9.57. The molecule has 0 spiro atoms. The molecule has 0 saturated heterocycles. The van der Waals surface area contributed by atoms with Crippen LogP contribution >= 0.6 is 0 Å². The predicted octanol–water partition coefficient (Wildman–Crippen LogP) is 1.81. The van der Waals surface area contributed by atoms with Gasteiger partial charge in [-0.1, -0.05) is 0 Å². The molecule has 5 nitrogen and oxygen atoms in total. The molecule has 0 aliphatic heterocycles. The van der Waals surface area contributed by atoms with Gasteiger partial charge in [-0.2, -0.15) is 0 Å². The molecule has 1 aliphatic carbocycles. The van der Waals surface area contributed by atoms with Crippen molar-refractivity contribution in [3.8, 4) is 0 Å². The lowest BCUT2D eigenvalue weighted by atomic mass is 10.1. The summed E-state index contributed by atoms with van der Waals surface area (Å²) < 4.78 is 12.6. The van der Waals surface area contributed by atoms with Crippen LogP contribution in [0.3, 0.4) is 0 Å². The van der Waals surface area contributed by atoms with Crippen LogP contribution in [0, 0.1) is 11.2 Å². The first-order valence-electron chi connectivity index (χ1n) is 5.56. The summed E-state index contributed by atoms with van der Waals surface area (Å²) in [4.78, 5) is 22.4. The van der Waals surface area contributed by atoms with Crippen molar-refractivity contribution >= 4 is 17.7 Å². The lowest BCUT2D eigenvalue weighted by Gasteiger charge is -2.12. The fourth-order valence-corrected chi connectivity index (χ4v) is 1.58. The van der Waals surface area contributed by atoms with Crippen molar-refractivity contribution in [1.29, 1.82) is 0 Å². The Kier molecular flexibility index (Phi) is 3.18. The van der Waals surface area contributed by atoms with Crippen molar-refractivity contribution in [2.75, 3.05) is 11.9 Å². The Bertz CT molecular complexity index is 469. The van der Waals surface area contributed by atoms with Gasteiger partial charge in [0.1, 0.15) is 5.82 Å². The van der Waals surface area contributed by atoms with Gasteiger partial charge in [0, 0.05) is 12.2 Å². The summed E-state index contributed by atoms with van der Waals surface area (Å²) in [5.74, 6) is -1.27. The Morgan fingerprint density at radius 1 is 1.28 bits per heavy atom. The number of amides is 2. The number of carbonyl (C=O) groups is 2. The van der Waals surface area contributed by atoms with Crippen LogP contribution in [0.4, 0.5) is 14.9 Å². The molecule has 3 N–H and O–H groups in total. The third kappa shape index (κ3) is 2.77. The minimum absolute atomic E-state index is 0.107. The summed E-state index contributed by atoms with van der Waals surface area (Å²) in [6.45, 7) is 0.107. The number of benzene rings is 1. The predicted molar refractivity (Wildman–Crippen MR) is 62.7 cm³/mol. The van der Waals surface area contributed by atoms with E-state index in [9.17, 15) is 14.0 Å². The van der Waals surface area contributed by atoms with Crippen LogP contribution in [0.5, 0.6) is 0 Å². The highest BCUT2D eigenvalue weighted by Gasteiger charge is 2.50. The van der Waals surface area contributed by atoms with Crippen molar-refractivity contribution in [2.45, 2.75) is 12.8 Å².